The number of carbonyl (C=O) groups is 1. The van der Waals surface area contributed by atoms with Crippen LogP contribution in [0.5, 0.6) is 5.75 Å². The number of oxazole rings is 1. The van der Waals surface area contributed by atoms with Crippen LogP contribution in [0, 0.1) is 6.92 Å². The molecule has 164 valence electrons. The van der Waals surface area contributed by atoms with E-state index in [-0.39, 0.29) is 12.5 Å². The number of halogens is 1. The fourth-order valence-electron chi connectivity index (χ4n) is 3.36. The maximum Gasteiger partial charge on any atom is 0.262 e. The van der Waals surface area contributed by atoms with Crippen molar-refractivity contribution in [1.29, 1.82) is 0 Å². The summed E-state index contributed by atoms with van der Waals surface area (Å²) >= 11 is 6.01. The van der Waals surface area contributed by atoms with Gasteiger partial charge in [0.15, 0.2) is 12.2 Å². The maximum atomic E-state index is 12.2. The third-order valence-electron chi connectivity index (χ3n) is 5.51. The summed E-state index contributed by atoms with van der Waals surface area (Å²) in [7, 11) is 0. The molecule has 1 heterocycles. The van der Waals surface area contributed by atoms with E-state index in [1.807, 2.05) is 37.3 Å². The molecule has 1 aromatic heterocycles. The first-order valence-electron chi connectivity index (χ1n) is 10.6. The van der Waals surface area contributed by atoms with Gasteiger partial charge in [-0.25, -0.2) is 4.98 Å². The number of hydrogen-bond acceptors (Lipinski definition) is 4. The maximum absolute atomic E-state index is 12.2. The van der Waals surface area contributed by atoms with Crippen molar-refractivity contribution in [2.45, 2.75) is 33.1 Å². The highest BCUT2D eigenvalue weighted by Crippen LogP contribution is 2.28. The Morgan fingerprint density at radius 3 is 2.62 bits per heavy atom. The van der Waals surface area contributed by atoms with Crippen molar-refractivity contribution in [3.63, 3.8) is 0 Å². The third-order valence-corrected chi connectivity index (χ3v) is 5.93. The molecule has 4 aromatic rings. The van der Waals surface area contributed by atoms with Crippen molar-refractivity contribution in [2.75, 3.05) is 11.9 Å². The quantitative estimate of drug-likeness (QED) is 0.331. The average Bonchev–Trinajstić information content (AvgIpc) is 3.23. The normalized spacial score (nSPS) is 12.0. The van der Waals surface area contributed by atoms with Crippen molar-refractivity contribution in [1.82, 2.24) is 4.98 Å². The lowest BCUT2D eigenvalue weighted by Gasteiger charge is -2.09. The summed E-state index contributed by atoms with van der Waals surface area (Å²) in [5.74, 6) is 1.39. The van der Waals surface area contributed by atoms with Gasteiger partial charge in [-0.1, -0.05) is 31.5 Å². The van der Waals surface area contributed by atoms with Crippen molar-refractivity contribution in [3.05, 3.63) is 76.8 Å². The van der Waals surface area contributed by atoms with Crippen LogP contribution < -0.4 is 10.1 Å². The van der Waals surface area contributed by atoms with Gasteiger partial charge < -0.3 is 14.5 Å². The van der Waals surface area contributed by atoms with Gasteiger partial charge in [0.2, 0.25) is 5.89 Å². The molecular formula is C26H25ClN2O3. The minimum Gasteiger partial charge on any atom is -0.484 e. The van der Waals surface area contributed by atoms with Crippen LogP contribution in [0.1, 0.15) is 37.3 Å². The van der Waals surface area contributed by atoms with Gasteiger partial charge in [0, 0.05) is 16.3 Å². The molecule has 0 spiro atoms. The molecule has 4 rings (SSSR count). The number of nitrogens with one attached hydrogen (secondary N) is 1. The number of rotatable bonds is 7. The van der Waals surface area contributed by atoms with Crippen LogP contribution in [0.15, 0.2) is 65.1 Å². The number of benzene rings is 3. The summed E-state index contributed by atoms with van der Waals surface area (Å²) in [6.45, 7) is 6.18. The topological polar surface area (TPSA) is 64.4 Å². The Labute approximate surface area is 192 Å². The second kappa shape index (κ2) is 9.45. The predicted molar refractivity (Wildman–Crippen MR) is 128 cm³/mol. The largest absolute Gasteiger partial charge is 0.484 e. The smallest absolute Gasteiger partial charge is 0.262 e. The van der Waals surface area contributed by atoms with Gasteiger partial charge in [-0.05, 0) is 85.0 Å². The Hall–Kier alpha value is -3.31. The van der Waals surface area contributed by atoms with E-state index in [9.17, 15) is 4.79 Å². The molecule has 0 bridgehead atoms. The monoisotopic (exact) mass is 448 g/mol. The van der Waals surface area contributed by atoms with Gasteiger partial charge >= 0.3 is 0 Å². The Kier molecular flexibility index (Phi) is 6.47. The zero-order valence-corrected chi connectivity index (χ0v) is 19.1. The number of aryl methyl sites for hydroxylation is 1. The summed E-state index contributed by atoms with van der Waals surface area (Å²) in [5.41, 5.74) is 5.29. The number of amides is 1. The molecule has 32 heavy (non-hydrogen) atoms. The number of ether oxygens (including phenoxy) is 1. The molecule has 5 nitrogen and oxygen atoms in total. The molecule has 0 saturated carbocycles. The van der Waals surface area contributed by atoms with E-state index in [2.05, 4.69) is 36.3 Å². The zero-order chi connectivity index (χ0) is 22.7. The third kappa shape index (κ3) is 4.94. The molecule has 0 saturated heterocycles. The van der Waals surface area contributed by atoms with Crippen LogP contribution in [-0.4, -0.2) is 17.5 Å². The molecule has 0 unspecified atom stereocenters. The molecule has 1 amide bonds. The Bertz CT molecular complexity index is 1250. The SMILES string of the molecule is CC[C@H](C)c1ccc2oc(-c3ccc(NC(=O)COc4ccc(Cl)c(C)c4)cc3)nc2c1. The highest BCUT2D eigenvalue weighted by molar-refractivity contribution is 6.31. The van der Waals surface area contributed by atoms with Crippen LogP contribution >= 0.6 is 11.6 Å². The van der Waals surface area contributed by atoms with Crippen LogP contribution in [0.2, 0.25) is 5.02 Å². The van der Waals surface area contributed by atoms with Crippen LogP contribution in [0.4, 0.5) is 5.69 Å². The molecule has 1 atom stereocenters. The molecule has 0 aliphatic heterocycles. The number of aromatic nitrogens is 1. The van der Waals surface area contributed by atoms with E-state index in [1.54, 1.807) is 18.2 Å². The first-order valence-corrected chi connectivity index (χ1v) is 11.0. The molecule has 0 fully saturated rings. The molecule has 0 radical (unpaired) electrons. The lowest BCUT2D eigenvalue weighted by molar-refractivity contribution is -0.118. The zero-order valence-electron chi connectivity index (χ0n) is 18.3. The first-order chi connectivity index (χ1) is 15.4. The van der Waals surface area contributed by atoms with Gasteiger partial charge in [-0.2, -0.15) is 0 Å². The fourth-order valence-corrected chi connectivity index (χ4v) is 3.48. The number of anilines is 1. The van der Waals surface area contributed by atoms with Crippen LogP contribution in [-0.2, 0) is 4.79 Å². The van der Waals surface area contributed by atoms with Gasteiger partial charge in [0.25, 0.3) is 5.91 Å². The molecule has 1 N–H and O–H groups in total. The van der Waals surface area contributed by atoms with Crippen molar-refractivity contribution in [2.24, 2.45) is 0 Å². The number of nitrogens with zero attached hydrogens (tertiary/aromatic N) is 1. The number of carbonyl (C=O) groups excluding carboxylic acids is 1. The summed E-state index contributed by atoms with van der Waals surface area (Å²) in [4.78, 5) is 16.9. The molecule has 0 aliphatic rings. The van der Waals surface area contributed by atoms with Gasteiger partial charge in [0.05, 0.1) is 0 Å². The van der Waals surface area contributed by atoms with Gasteiger partial charge in [-0.15, -0.1) is 0 Å². The molecule has 0 aliphatic carbocycles. The highest BCUT2D eigenvalue weighted by Gasteiger charge is 2.12. The lowest BCUT2D eigenvalue weighted by Crippen LogP contribution is -2.20. The number of fused-ring (bicyclic) bond motifs is 1. The second-order valence-electron chi connectivity index (χ2n) is 7.88. The van der Waals surface area contributed by atoms with Crippen LogP contribution in [0.25, 0.3) is 22.6 Å². The lowest BCUT2D eigenvalue weighted by atomic mass is 9.98. The number of hydrogen-bond donors (Lipinski definition) is 1. The van der Waals surface area contributed by atoms with Gasteiger partial charge in [-0.3, -0.25) is 4.79 Å². The van der Waals surface area contributed by atoms with E-state index in [0.717, 1.165) is 28.6 Å². The Balaban J connectivity index is 1.40. The Morgan fingerprint density at radius 1 is 1.12 bits per heavy atom. The van der Waals surface area contributed by atoms with Crippen molar-refractivity contribution < 1.29 is 13.9 Å². The Morgan fingerprint density at radius 2 is 1.91 bits per heavy atom. The molecule has 6 heteroatoms. The minimum absolute atomic E-state index is 0.0908. The van der Waals surface area contributed by atoms with E-state index in [1.165, 1.54) is 5.56 Å². The van der Waals surface area contributed by atoms with E-state index in [0.29, 0.717) is 28.3 Å². The minimum atomic E-state index is -0.246. The summed E-state index contributed by atoms with van der Waals surface area (Å²) in [6, 6.07) is 18.8. The summed E-state index contributed by atoms with van der Waals surface area (Å²) < 4.78 is 11.5. The van der Waals surface area contributed by atoms with E-state index >= 15 is 0 Å². The van der Waals surface area contributed by atoms with Gasteiger partial charge in [0.1, 0.15) is 11.3 Å². The first kappa shape index (κ1) is 21.9. The standard InChI is InChI=1S/C26H25ClN2O3/c1-4-16(2)19-7-12-24-23(14-19)29-26(32-24)18-5-8-20(9-6-18)28-25(30)15-31-21-10-11-22(27)17(3)13-21/h5-14,16H,4,15H2,1-3H3,(H,28,30)/t16-/m0/s1. The van der Waals surface area contributed by atoms with E-state index < -0.39 is 0 Å². The fraction of sp³-hybridized carbons (Fsp3) is 0.231. The van der Waals surface area contributed by atoms with Crippen molar-refractivity contribution in [3.8, 4) is 17.2 Å². The van der Waals surface area contributed by atoms with E-state index in [4.69, 9.17) is 20.8 Å². The second-order valence-corrected chi connectivity index (χ2v) is 8.29. The highest BCUT2D eigenvalue weighted by atomic mass is 35.5. The van der Waals surface area contributed by atoms with Crippen molar-refractivity contribution >= 4 is 34.3 Å². The summed E-state index contributed by atoms with van der Waals surface area (Å²) in [6.07, 6.45) is 1.08. The molecular weight excluding hydrogens is 424 g/mol. The summed E-state index contributed by atoms with van der Waals surface area (Å²) in [5, 5.41) is 3.49. The average molecular weight is 449 g/mol. The predicted octanol–water partition coefficient (Wildman–Crippen LogP) is 6.99. The van der Waals surface area contributed by atoms with Crippen LogP contribution in [0.3, 0.4) is 0 Å². The molecule has 3 aromatic carbocycles.